The number of hydrogen-bond acceptors (Lipinski definition) is 5. The molecular formula is C19H19Cl3N2O3S. The fourth-order valence-corrected chi connectivity index (χ4v) is 4.75. The summed E-state index contributed by atoms with van der Waals surface area (Å²) in [6.07, 6.45) is 2.71. The van der Waals surface area contributed by atoms with Gasteiger partial charge >= 0.3 is 5.97 Å². The summed E-state index contributed by atoms with van der Waals surface area (Å²) in [5, 5.41) is 6.28. The Morgan fingerprint density at radius 2 is 1.82 bits per heavy atom. The third-order valence-corrected chi connectivity index (χ3v) is 6.35. The predicted molar refractivity (Wildman–Crippen MR) is 114 cm³/mol. The van der Waals surface area contributed by atoms with Crippen LogP contribution >= 0.6 is 46.1 Å². The molecule has 0 aliphatic heterocycles. The molecule has 0 saturated heterocycles. The quantitative estimate of drug-likeness (QED) is 0.375. The molecule has 5 nitrogen and oxygen atoms in total. The number of benzene rings is 1. The topological polar surface area (TPSA) is 67.4 Å². The van der Waals surface area contributed by atoms with Gasteiger partial charge in [0.1, 0.15) is 11.2 Å². The number of rotatable bonds is 5. The number of halogens is 3. The number of ether oxygens (including phenoxy) is 1. The molecule has 1 aromatic heterocycles. The van der Waals surface area contributed by atoms with Crippen molar-refractivity contribution in [2.45, 2.75) is 35.6 Å². The first-order chi connectivity index (χ1) is 13.3. The zero-order chi connectivity index (χ0) is 20.3. The third kappa shape index (κ3) is 4.74. The summed E-state index contributed by atoms with van der Waals surface area (Å²) >= 11 is 19.8. The highest BCUT2D eigenvalue weighted by molar-refractivity contribution is 7.16. The number of thiophene rings is 1. The van der Waals surface area contributed by atoms with Crippen LogP contribution in [-0.4, -0.2) is 28.9 Å². The van der Waals surface area contributed by atoms with E-state index >= 15 is 0 Å². The van der Waals surface area contributed by atoms with E-state index in [1.54, 1.807) is 30.3 Å². The lowest BCUT2D eigenvalue weighted by Crippen LogP contribution is -2.49. The number of fused-ring (bicyclic) bond motifs is 1. The summed E-state index contributed by atoms with van der Waals surface area (Å²) in [5.41, 5.74) is 1.86. The molecule has 9 heteroatoms. The van der Waals surface area contributed by atoms with Crippen molar-refractivity contribution in [3.63, 3.8) is 0 Å². The van der Waals surface area contributed by atoms with Crippen molar-refractivity contribution in [1.29, 1.82) is 0 Å². The number of alkyl halides is 3. The van der Waals surface area contributed by atoms with E-state index in [1.165, 1.54) is 18.4 Å². The van der Waals surface area contributed by atoms with E-state index in [2.05, 4.69) is 10.6 Å². The number of carbonyl (C=O) groups excluding carboxylic acids is 2. The Morgan fingerprint density at radius 1 is 1.14 bits per heavy atom. The molecule has 1 unspecified atom stereocenters. The summed E-state index contributed by atoms with van der Waals surface area (Å²) in [7, 11) is 1.34. The normalized spacial score (nSPS) is 14.7. The zero-order valence-electron chi connectivity index (χ0n) is 15.1. The average Bonchev–Trinajstić information content (AvgIpc) is 3.04. The number of carbonyl (C=O) groups is 2. The smallest absolute Gasteiger partial charge is 0.341 e. The SMILES string of the molecule is COC(=O)c1c(NC(NC(=O)c2ccccc2)C(Cl)(Cl)Cl)sc2c1CCCC2. The largest absolute Gasteiger partial charge is 0.465 e. The van der Waals surface area contributed by atoms with Crippen LogP contribution < -0.4 is 10.6 Å². The van der Waals surface area contributed by atoms with Gasteiger partial charge in [-0.05, 0) is 43.4 Å². The van der Waals surface area contributed by atoms with Crippen LogP contribution in [0.2, 0.25) is 0 Å². The number of methoxy groups -OCH3 is 1. The van der Waals surface area contributed by atoms with Gasteiger partial charge in [0.25, 0.3) is 5.91 Å². The molecule has 150 valence electrons. The van der Waals surface area contributed by atoms with Gasteiger partial charge in [-0.25, -0.2) is 4.79 Å². The second-order valence-corrected chi connectivity index (χ2v) is 9.84. The maximum absolute atomic E-state index is 12.5. The number of nitrogens with one attached hydrogen (secondary N) is 2. The van der Waals surface area contributed by atoms with Crippen LogP contribution in [0.1, 0.15) is 44.0 Å². The van der Waals surface area contributed by atoms with Gasteiger partial charge in [-0.2, -0.15) is 0 Å². The lowest BCUT2D eigenvalue weighted by Gasteiger charge is -2.27. The fourth-order valence-electron chi connectivity index (χ4n) is 3.12. The van der Waals surface area contributed by atoms with Gasteiger partial charge < -0.3 is 15.4 Å². The summed E-state index contributed by atoms with van der Waals surface area (Å²) in [6, 6.07) is 8.62. The Hall–Kier alpha value is -1.47. The van der Waals surface area contributed by atoms with E-state index < -0.39 is 21.8 Å². The van der Waals surface area contributed by atoms with Crippen molar-refractivity contribution in [2.75, 3.05) is 12.4 Å². The van der Waals surface area contributed by atoms with Crippen LogP contribution in [-0.2, 0) is 17.6 Å². The van der Waals surface area contributed by atoms with E-state index in [0.717, 1.165) is 36.1 Å². The van der Waals surface area contributed by atoms with Crippen LogP contribution in [0.4, 0.5) is 5.00 Å². The van der Waals surface area contributed by atoms with Gasteiger partial charge in [0.2, 0.25) is 3.79 Å². The number of hydrogen-bond donors (Lipinski definition) is 2. The van der Waals surface area contributed by atoms with E-state index in [1.807, 2.05) is 0 Å². The van der Waals surface area contributed by atoms with Crippen molar-refractivity contribution in [3.8, 4) is 0 Å². The first-order valence-corrected chi connectivity index (χ1v) is 10.7. The Bertz CT molecular complexity index is 865. The van der Waals surface area contributed by atoms with Gasteiger partial charge in [-0.1, -0.05) is 53.0 Å². The minimum atomic E-state index is -1.84. The van der Waals surface area contributed by atoms with Crippen molar-refractivity contribution in [3.05, 3.63) is 51.9 Å². The molecule has 0 saturated carbocycles. The van der Waals surface area contributed by atoms with Gasteiger partial charge in [-0.3, -0.25) is 4.79 Å². The van der Waals surface area contributed by atoms with E-state index in [9.17, 15) is 9.59 Å². The van der Waals surface area contributed by atoms with Gasteiger partial charge in [0, 0.05) is 10.4 Å². The highest BCUT2D eigenvalue weighted by Gasteiger charge is 2.36. The lowest BCUT2D eigenvalue weighted by molar-refractivity contribution is 0.0600. The van der Waals surface area contributed by atoms with Gasteiger partial charge in [0.15, 0.2) is 0 Å². The molecular weight excluding hydrogens is 443 g/mol. The Balaban J connectivity index is 1.90. The molecule has 1 aromatic carbocycles. The van der Waals surface area contributed by atoms with E-state index in [0.29, 0.717) is 16.1 Å². The van der Waals surface area contributed by atoms with Crippen LogP contribution in [0, 0.1) is 0 Å². The molecule has 0 radical (unpaired) electrons. The molecule has 0 bridgehead atoms. The highest BCUT2D eigenvalue weighted by atomic mass is 35.6. The summed E-state index contributed by atoms with van der Waals surface area (Å²) in [4.78, 5) is 26.1. The maximum Gasteiger partial charge on any atom is 0.341 e. The fraction of sp³-hybridized carbons (Fsp3) is 0.368. The first-order valence-electron chi connectivity index (χ1n) is 8.73. The van der Waals surface area contributed by atoms with E-state index in [-0.39, 0.29) is 0 Å². The molecule has 2 N–H and O–H groups in total. The minimum Gasteiger partial charge on any atom is -0.465 e. The first kappa shape index (κ1) is 21.2. The second-order valence-electron chi connectivity index (χ2n) is 6.37. The summed E-state index contributed by atoms with van der Waals surface area (Å²) in [5.74, 6) is -0.843. The molecule has 1 atom stereocenters. The third-order valence-electron chi connectivity index (χ3n) is 4.47. The number of anilines is 1. The molecule has 1 aliphatic rings. The molecule has 0 spiro atoms. The van der Waals surface area contributed by atoms with E-state index in [4.69, 9.17) is 39.5 Å². The van der Waals surface area contributed by atoms with Crippen molar-refractivity contribution < 1.29 is 14.3 Å². The zero-order valence-corrected chi connectivity index (χ0v) is 18.1. The number of amides is 1. The molecule has 1 aliphatic carbocycles. The van der Waals surface area contributed by atoms with Crippen LogP contribution in [0.25, 0.3) is 0 Å². The Morgan fingerprint density at radius 3 is 2.46 bits per heavy atom. The molecule has 3 rings (SSSR count). The van der Waals surface area contributed by atoms with Crippen molar-refractivity contribution in [1.82, 2.24) is 5.32 Å². The molecule has 28 heavy (non-hydrogen) atoms. The lowest BCUT2D eigenvalue weighted by atomic mass is 9.95. The molecule has 1 amide bonds. The standard InChI is InChI=1S/C19H19Cl3N2O3S/c1-27-17(26)14-12-9-5-6-10-13(12)28-16(14)24-18(19(20,21)22)23-15(25)11-7-3-2-4-8-11/h2-4,7-8,18,24H,5-6,9-10H2,1H3,(H,23,25). The minimum absolute atomic E-state index is 0.398. The van der Waals surface area contributed by atoms with Crippen LogP contribution in [0.15, 0.2) is 30.3 Å². The van der Waals surface area contributed by atoms with Crippen molar-refractivity contribution >= 4 is 63.0 Å². The highest BCUT2D eigenvalue weighted by Crippen LogP contribution is 2.40. The predicted octanol–water partition coefficient (Wildman–Crippen LogP) is 4.95. The summed E-state index contributed by atoms with van der Waals surface area (Å²) in [6.45, 7) is 0. The van der Waals surface area contributed by atoms with Crippen LogP contribution in [0.3, 0.4) is 0 Å². The molecule has 1 heterocycles. The summed E-state index contributed by atoms with van der Waals surface area (Å²) < 4.78 is 3.12. The average molecular weight is 462 g/mol. The molecule has 0 fully saturated rings. The number of aryl methyl sites for hydroxylation is 1. The second kappa shape index (κ2) is 8.91. The Kier molecular flexibility index (Phi) is 6.76. The van der Waals surface area contributed by atoms with Crippen molar-refractivity contribution in [2.24, 2.45) is 0 Å². The number of esters is 1. The van der Waals surface area contributed by atoms with Gasteiger partial charge in [0.05, 0.1) is 12.7 Å². The van der Waals surface area contributed by atoms with Crippen LogP contribution in [0.5, 0.6) is 0 Å². The monoisotopic (exact) mass is 460 g/mol. The maximum atomic E-state index is 12.5. The molecule has 2 aromatic rings. The Labute approximate surface area is 182 Å². The van der Waals surface area contributed by atoms with Gasteiger partial charge in [-0.15, -0.1) is 11.3 Å².